The third kappa shape index (κ3) is 3.86. The van der Waals surface area contributed by atoms with Crippen LogP contribution < -0.4 is 4.74 Å². The molecule has 0 aliphatic carbocycles. The summed E-state index contributed by atoms with van der Waals surface area (Å²) in [7, 11) is 0. The van der Waals surface area contributed by atoms with Crippen LogP contribution in [0.5, 0.6) is 11.5 Å². The summed E-state index contributed by atoms with van der Waals surface area (Å²) < 4.78 is 8.26. The Morgan fingerprint density at radius 3 is 2.15 bits per heavy atom. The quantitative estimate of drug-likeness (QED) is 0.443. The van der Waals surface area contributed by atoms with Crippen LogP contribution in [0.25, 0.3) is 0 Å². The molecule has 0 aliphatic rings. The molecule has 0 atom stereocenters. The second kappa shape index (κ2) is 7.10. The zero-order valence-electron chi connectivity index (χ0n) is 11.3. The Hall–Kier alpha value is -0.320. The van der Waals surface area contributed by atoms with Gasteiger partial charge in [0.1, 0.15) is 11.5 Å². The predicted molar refractivity (Wildman–Crippen MR) is 95.1 cm³/mol. The van der Waals surface area contributed by atoms with E-state index in [9.17, 15) is 0 Å². The third-order valence-corrected chi connectivity index (χ3v) is 4.57. The van der Waals surface area contributed by atoms with Crippen molar-refractivity contribution in [2.75, 3.05) is 0 Å². The van der Waals surface area contributed by atoms with Crippen molar-refractivity contribution in [2.24, 2.45) is 0 Å². The fraction of sp³-hybridized carbons (Fsp3) is 0.250. The van der Waals surface area contributed by atoms with Crippen LogP contribution in [0.4, 0.5) is 0 Å². The van der Waals surface area contributed by atoms with E-state index in [2.05, 4.69) is 73.8 Å². The Morgan fingerprint density at radius 1 is 0.950 bits per heavy atom. The number of hydrogen-bond acceptors (Lipinski definition) is 1. The average molecular weight is 463 g/mol. The molecular weight excluding hydrogens is 448 g/mol. The summed E-state index contributed by atoms with van der Waals surface area (Å²) >= 11 is 10.5. The summed E-state index contributed by atoms with van der Waals surface area (Å²) in [6, 6.07) is 12.2. The average Bonchev–Trinajstić information content (AvgIpc) is 2.42. The second-order valence-electron chi connectivity index (χ2n) is 4.82. The molecule has 0 bridgehead atoms. The smallest absolute Gasteiger partial charge is 0.131 e. The number of ether oxygens (including phenoxy) is 1. The highest BCUT2D eigenvalue weighted by Crippen LogP contribution is 2.35. The Bertz CT molecular complexity index is 609. The van der Waals surface area contributed by atoms with E-state index >= 15 is 0 Å². The lowest BCUT2D eigenvalue weighted by Crippen LogP contribution is -1.96. The highest BCUT2D eigenvalue weighted by Gasteiger charge is 2.11. The maximum Gasteiger partial charge on any atom is 0.131 e. The Balaban J connectivity index is 2.39. The van der Waals surface area contributed by atoms with Crippen LogP contribution in [0.15, 0.2) is 45.3 Å². The molecule has 4 heteroatoms. The van der Waals surface area contributed by atoms with E-state index < -0.39 is 0 Å². The third-order valence-electron chi connectivity index (χ3n) is 2.98. The van der Waals surface area contributed by atoms with Crippen molar-refractivity contribution >= 4 is 47.8 Å². The highest BCUT2D eigenvalue weighted by molar-refractivity contribution is 9.10. The Labute approximate surface area is 145 Å². The summed E-state index contributed by atoms with van der Waals surface area (Å²) in [5.41, 5.74) is 2.32. The zero-order valence-corrected chi connectivity index (χ0v) is 16.0. The molecule has 2 rings (SSSR count). The van der Waals surface area contributed by atoms with E-state index in [1.807, 2.05) is 24.3 Å². The predicted octanol–water partition coefficient (Wildman–Crippen LogP) is 7.02. The van der Waals surface area contributed by atoms with Gasteiger partial charge in [0.05, 0.1) is 0 Å². The van der Waals surface area contributed by atoms with Crippen molar-refractivity contribution in [1.29, 1.82) is 0 Å². The van der Waals surface area contributed by atoms with E-state index in [4.69, 9.17) is 4.74 Å². The molecule has 0 aliphatic heterocycles. The van der Waals surface area contributed by atoms with Crippen molar-refractivity contribution < 1.29 is 4.74 Å². The fourth-order valence-electron chi connectivity index (χ4n) is 1.93. The molecule has 0 heterocycles. The molecule has 0 spiro atoms. The number of hydrogen-bond donors (Lipinski definition) is 0. The molecule has 0 saturated heterocycles. The first kappa shape index (κ1) is 16.1. The van der Waals surface area contributed by atoms with Gasteiger partial charge in [0.25, 0.3) is 0 Å². The van der Waals surface area contributed by atoms with Gasteiger partial charge >= 0.3 is 0 Å². The van der Waals surface area contributed by atoms with Crippen molar-refractivity contribution in [3.05, 3.63) is 56.5 Å². The van der Waals surface area contributed by atoms with Gasteiger partial charge in [-0.25, -0.2) is 0 Å². The minimum Gasteiger partial charge on any atom is -0.457 e. The van der Waals surface area contributed by atoms with E-state index in [1.54, 1.807) is 0 Å². The first-order chi connectivity index (χ1) is 9.51. The molecule has 0 radical (unpaired) electrons. The first-order valence-electron chi connectivity index (χ1n) is 6.33. The number of benzene rings is 2. The van der Waals surface area contributed by atoms with Crippen LogP contribution in [0, 0.1) is 0 Å². The molecule has 106 valence electrons. The monoisotopic (exact) mass is 460 g/mol. The molecule has 0 N–H and O–H groups in total. The van der Waals surface area contributed by atoms with Gasteiger partial charge in [-0.2, -0.15) is 0 Å². The van der Waals surface area contributed by atoms with Crippen LogP contribution in [-0.4, -0.2) is 0 Å². The minimum atomic E-state index is 0.408. The van der Waals surface area contributed by atoms with Crippen LogP contribution in [0.2, 0.25) is 0 Å². The van der Waals surface area contributed by atoms with Crippen LogP contribution in [-0.2, 0) is 5.33 Å². The highest BCUT2D eigenvalue weighted by atomic mass is 79.9. The lowest BCUT2D eigenvalue weighted by atomic mass is 10.0. The summed E-state index contributed by atoms with van der Waals surface area (Å²) in [5.74, 6) is 2.20. The summed E-state index contributed by atoms with van der Waals surface area (Å²) in [4.78, 5) is 0. The summed E-state index contributed by atoms with van der Waals surface area (Å²) in [5, 5.41) is 0.759. The van der Waals surface area contributed by atoms with Crippen molar-refractivity contribution in [3.63, 3.8) is 0 Å². The first-order valence-corrected chi connectivity index (χ1v) is 9.03. The van der Waals surface area contributed by atoms with E-state index in [-0.39, 0.29) is 0 Å². The standard InChI is InChI=1S/C16H15Br3O/c1-10(2)14-8-13(19)4-6-16(14)20-15-5-3-12(18)7-11(15)9-17/h3-8,10H,9H2,1-2H3. The Morgan fingerprint density at radius 2 is 1.55 bits per heavy atom. The van der Waals surface area contributed by atoms with Crippen LogP contribution in [0.3, 0.4) is 0 Å². The largest absolute Gasteiger partial charge is 0.457 e. The molecule has 1 nitrogen and oxygen atoms in total. The topological polar surface area (TPSA) is 9.23 Å². The second-order valence-corrected chi connectivity index (χ2v) is 7.22. The Kier molecular flexibility index (Phi) is 5.70. The van der Waals surface area contributed by atoms with Crippen molar-refractivity contribution in [3.8, 4) is 11.5 Å². The number of rotatable bonds is 4. The summed E-state index contributed by atoms with van der Waals surface area (Å²) in [6.45, 7) is 4.34. The van der Waals surface area contributed by atoms with Crippen molar-refractivity contribution in [1.82, 2.24) is 0 Å². The van der Waals surface area contributed by atoms with Gasteiger partial charge in [0.15, 0.2) is 0 Å². The number of alkyl halides is 1. The maximum atomic E-state index is 6.13. The number of halogens is 3. The fourth-order valence-corrected chi connectivity index (χ4v) is 3.16. The van der Waals surface area contributed by atoms with Gasteiger partial charge in [0.2, 0.25) is 0 Å². The van der Waals surface area contributed by atoms with Gasteiger partial charge < -0.3 is 4.74 Å². The van der Waals surface area contributed by atoms with Crippen molar-refractivity contribution in [2.45, 2.75) is 25.1 Å². The molecule has 0 aromatic heterocycles. The molecule has 2 aromatic rings. The van der Waals surface area contributed by atoms with Gasteiger partial charge in [-0.1, -0.05) is 61.6 Å². The molecule has 0 saturated carbocycles. The molecule has 20 heavy (non-hydrogen) atoms. The zero-order chi connectivity index (χ0) is 14.7. The molecular formula is C16H15Br3O. The normalized spacial score (nSPS) is 10.9. The van der Waals surface area contributed by atoms with Crippen LogP contribution in [0.1, 0.15) is 30.9 Å². The van der Waals surface area contributed by atoms with Crippen LogP contribution >= 0.6 is 47.8 Å². The van der Waals surface area contributed by atoms with E-state index in [0.29, 0.717) is 5.92 Å². The van der Waals surface area contributed by atoms with E-state index in [1.165, 1.54) is 5.56 Å². The van der Waals surface area contributed by atoms with Gasteiger partial charge in [0, 0.05) is 19.8 Å². The van der Waals surface area contributed by atoms with E-state index in [0.717, 1.165) is 31.3 Å². The molecule has 2 aromatic carbocycles. The maximum absolute atomic E-state index is 6.13. The minimum absolute atomic E-state index is 0.408. The molecule has 0 unspecified atom stereocenters. The molecule has 0 fully saturated rings. The SMILES string of the molecule is CC(C)c1cc(Br)ccc1Oc1ccc(Br)cc1CBr. The molecule has 0 amide bonds. The van der Waals surface area contributed by atoms with Gasteiger partial charge in [-0.3, -0.25) is 0 Å². The lowest BCUT2D eigenvalue weighted by Gasteiger charge is -2.16. The summed E-state index contributed by atoms with van der Waals surface area (Å²) in [6.07, 6.45) is 0. The lowest BCUT2D eigenvalue weighted by molar-refractivity contribution is 0.469. The van der Waals surface area contributed by atoms with Gasteiger partial charge in [-0.15, -0.1) is 0 Å². The van der Waals surface area contributed by atoms with Gasteiger partial charge in [-0.05, 0) is 47.9 Å².